The lowest BCUT2D eigenvalue weighted by Gasteiger charge is -2.26. The summed E-state index contributed by atoms with van der Waals surface area (Å²) in [6.45, 7) is 3.93. The molecule has 1 aliphatic rings. The van der Waals surface area contributed by atoms with Crippen LogP contribution in [0.4, 0.5) is 10.5 Å². The van der Waals surface area contributed by atoms with E-state index in [1.165, 1.54) is 24.3 Å². The SMILES string of the molecule is Cc1ccc(N2C(=O)NC(=O)C(=Cc3ccc(OCc4ccccc4)c(C(=O)O)c3)C2=O)cc1C. The molecule has 176 valence electrons. The summed E-state index contributed by atoms with van der Waals surface area (Å²) < 4.78 is 5.68. The van der Waals surface area contributed by atoms with Crippen LogP contribution in [0.25, 0.3) is 6.08 Å². The van der Waals surface area contributed by atoms with Gasteiger partial charge < -0.3 is 9.84 Å². The molecular formula is C27H22N2O6. The molecule has 0 saturated carbocycles. The van der Waals surface area contributed by atoms with Gasteiger partial charge in [-0.2, -0.15) is 0 Å². The summed E-state index contributed by atoms with van der Waals surface area (Å²) in [7, 11) is 0. The number of ether oxygens (including phenoxy) is 1. The number of carboxylic acid groups (broad SMARTS) is 1. The van der Waals surface area contributed by atoms with E-state index in [9.17, 15) is 24.3 Å². The fourth-order valence-electron chi connectivity index (χ4n) is 3.59. The predicted molar refractivity (Wildman–Crippen MR) is 129 cm³/mol. The van der Waals surface area contributed by atoms with E-state index in [2.05, 4.69) is 5.32 Å². The Morgan fingerprint density at radius 3 is 2.40 bits per heavy atom. The standard InChI is InChI=1S/C27H22N2O6/c1-16-8-10-20(12-17(16)2)29-25(31)22(24(30)28-27(29)34)14-19-9-11-23(21(13-19)26(32)33)35-15-18-6-4-3-5-7-18/h3-14H,15H2,1-2H3,(H,32,33)(H,28,30,34). The van der Waals surface area contributed by atoms with Crippen molar-refractivity contribution in [2.45, 2.75) is 20.5 Å². The molecule has 4 amide bonds. The molecule has 0 aliphatic carbocycles. The zero-order chi connectivity index (χ0) is 25.1. The number of carboxylic acids is 1. The van der Waals surface area contributed by atoms with Crippen LogP contribution in [-0.2, 0) is 16.2 Å². The number of amides is 4. The van der Waals surface area contributed by atoms with E-state index < -0.39 is 23.8 Å². The molecule has 1 heterocycles. The van der Waals surface area contributed by atoms with Crippen LogP contribution >= 0.6 is 0 Å². The first-order chi connectivity index (χ1) is 16.7. The second-order valence-electron chi connectivity index (χ2n) is 8.06. The number of barbiturate groups is 1. The molecule has 1 aliphatic heterocycles. The van der Waals surface area contributed by atoms with Crippen LogP contribution in [0.15, 0.2) is 72.3 Å². The first-order valence-electron chi connectivity index (χ1n) is 10.8. The van der Waals surface area contributed by atoms with Crippen molar-refractivity contribution in [1.82, 2.24) is 5.32 Å². The number of carbonyl (C=O) groups excluding carboxylic acids is 3. The Morgan fingerprint density at radius 1 is 0.971 bits per heavy atom. The summed E-state index contributed by atoms with van der Waals surface area (Å²) in [5.41, 5.74) is 2.94. The molecule has 0 aromatic heterocycles. The lowest BCUT2D eigenvalue weighted by atomic mass is 10.0. The minimum absolute atomic E-state index is 0.124. The molecule has 0 radical (unpaired) electrons. The van der Waals surface area contributed by atoms with E-state index in [0.29, 0.717) is 11.3 Å². The van der Waals surface area contributed by atoms with Gasteiger partial charge in [0.1, 0.15) is 23.5 Å². The average Bonchev–Trinajstić information content (AvgIpc) is 2.83. The van der Waals surface area contributed by atoms with Gasteiger partial charge in [-0.15, -0.1) is 0 Å². The highest BCUT2D eigenvalue weighted by atomic mass is 16.5. The van der Waals surface area contributed by atoms with Gasteiger partial charge in [-0.1, -0.05) is 42.5 Å². The van der Waals surface area contributed by atoms with Crippen LogP contribution in [0.3, 0.4) is 0 Å². The number of aromatic carboxylic acids is 1. The highest BCUT2D eigenvalue weighted by molar-refractivity contribution is 6.39. The van der Waals surface area contributed by atoms with Gasteiger partial charge in [-0.25, -0.2) is 14.5 Å². The van der Waals surface area contributed by atoms with E-state index in [1.54, 1.807) is 18.2 Å². The largest absolute Gasteiger partial charge is 0.488 e. The lowest BCUT2D eigenvalue weighted by Crippen LogP contribution is -2.54. The van der Waals surface area contributed by atoms with Crippen molar-refractivity contribution in [1.29, 1.82) is 0 Å². The third-order valence-electron chi connectivity index (χ3n) is 5.63. The summed E-state index contributed by atoms with van der Waals surface area (Å²) in [5.74, 6) is -2.74. The number of hydrogen-bond donors (Lipinski definition) is 2. The third-order valence-corrected chi connectivity index (χ3v) is 5.63. The number of imide groups is 2. The van der Waals surface area contributed by atoms with E-state index in [4.69, 9.17) is 4.74 Å². The third kappa shape index (κ3) is 4.96. The second kappa shape index (κ2) is 9.64. The van der Waals surface area contributed by atoms with Crippen molar-refractivity contribution < 1.29 is 29.0 Å². The molecule has 0 bridgehead atoms. The molecule has 2 N–H and O–H groups in total. The average molecular weight is 470 g/mol. The Kier molecular flexibility index (Phi) is 6.46. The number of carbonyl (C=O) groups is 4. The fourth-order valence-corrected chi connectivity index (χ4v) is 3.59. The Balaban J connectivity index is 1.65. The topological polar surface area (TPSA) is 113 Å². The number of rotatable bonds is 6. The molecule has 3 aromatic rings. The molecule has 3 aromatic carbocycles. The number of aryl methyl sites for hydroxylation is 2. The maximum Gasteiger partial charge on any atom is 0.339 e. The molecule has 0 atom stereocenters. The van der Waals surface area contributed by atoms with Crippen LogP contribution in [0, 0.1) is 13.8 Å². The first kappa shape index (κ1) is 23.4. The molecule has 8 heteroatoms. The van der Waals surface area contributed by atoms with Gasteiger partial charge in [0, 0.05) is 0 Å². The molecule has 0 spiro atoms. The molecular weight excluding hydrogens is 448 g/mol. The normalized spacial score (nSPS) is 14.7. The van der Waals surface area contributed by atoms with Gasteiger partial charge in [0.25, 0.3) is 11.8 Å². The monoisotopic (exact) mass is 470 g/mol. The van der Waals surface area contributed by atoms with Crippen LogP contribution in [0.5, 0.6) is 5.75 Å². The molecule has 35 heavy (non-hydrogen) atoms. The Hall–Kier alpha value is -4.72. The molecule has 0 unspecified atom stereocenters. The smallest absolute Gasteiger partial charge is 0.339 e. The van der Waals surface area contributed by atoms with Crippen LogP contribution in [-0.4, -0.2) is 28.9 Å². The van der Waals surface area contributed by atoms with E-state index in [-0.39, 0.29) is 23.5 Å². The molecule has 1 saturated heterocycles. The quantitative estimate of drug-likeness (QED) is 0.411. The van der Waals surface area contributed by atoms with Gasteiger partial charge in [-0.05, 0) is 66.4 Å². The maximum absolute atomic E-state index is 13.1. The van der Waals surface area contributed by atoms with E-state index in [0.717, 1.165) is 21.6 Å². The van der Waals surface area contributed by atoms with Crippen molar-refractivity contribution in [3.8, 4) is 5.75 Å². The maximum atomic E-state index is 13.1. The summed E-state index contributed by atoms with van der Waals surface area (Å²) in [6, 6.07) is 17.8. The minimum Gasteiger partial charge on any atom is -0.488 e. The minimum atomic E-state index is -1.22. The first-order valence-corrected chi connectivity index (χ1v) is 10.8. The fraction of sp³-hybridized carbons (Fsp3) is 0.111. The zero-order valence-electron chi connectivity index (χ0n) is 19.1. The van der Waals surface area contributed by atoms with Gasteiger partial charge in [0.15, 0.2) is 0 Å². The highest BCUT2D eigenvalue weighted by Gasteiger charge is 2.37. The molecule has 8 nitrogen and oxygen atoms in total. The van der Waals surface area contributed by atoms with Crippen LogP contribution in [0.2, 0.25) is 0 Å². The highest BCUT2D eigenvalue weighted by Crippen LogP contribution is 2.26. The predicted octanol–water partition coefficient (Wildman–Crippen LogP) is 4.25. The van der Waals surface area contributed by atoms with Crippen LogP contribution < -0.4 is 15.0 Å². The molecule has 4 rings (SSSR count). The Labute approximate surface area is 201 Å². The summed E-state index contributed by atoms with van der Waals surface area (Å²) in [4.78, 5) is 50.8. The Morgan fingerprint density at radius 2 is 1.71 bits per heavy atom. The van der Waals surface area contributed by atoms with Crippen LogP contribution in [0.1, 0.15) is 32.6 Å². The van der Waals surface area contributed by atoms with Gasteiger partial charge in [0.05, 0.1) is 5.69 Å². The Bertz CT molecular complexity index is 1380. The van der Waals surface area contributed by atoms with Gasteiger partial charge in [-0.3, -0.25) is 14.9 Å². The number of anilines is 1. The van der Waals surface area contributed by atoms with E-state index >= 15 is 0 Å². The van der Waals surface area contributed by atoms with Crippen molar-refractivity contribution in [3.63, 3.8) is 0 Å². The van der Waals surface area contributed by atoms with Crippen molar-refractivity contribution in [3.05, 3.63) is 100 Å². The van der Waals surface area contributed by atoms with E-state index in [1.807, 2.05) is 44.2 Å². The second-order valence-corrected chi connectivity index (χ2v) is 8.06. The van der Waals surface area contributed by atoms with Crippen molar-refractivity contribution in [2.24, 2.45) is 0 Å². The lowest BCUT2D eigenvalue weighted by molar-refractivity contribution is -0.122. The molecule has 1 fully saturated rings. The van der Waals surface area contributed by atoms with Crippen molar-refractivity contribution >= 4 is 35.6 Å². The number of urea groups is 1. The number of nitrogens with one attached hydrogen (secondary N) is 1. The van der Waals surface area contributed by atoms with Crippen molar-refractivity contribution in [2.75, 3.05) is 4.90 Å². The summed E-state index contributed by atoms with van der Waals surface area (Å²) in [6.07, 6.45) is 1.26. The summed E-state index contributed by atoms with van der Waals surface area (Å²) >= 11 is 0. The van der Waals surface area contributed by atoms with Gasteiger partial charge in [0.2, 0.25) is 0 Å². The number of benzene rings is 3. The zero-order valence-corrected chi connectivity index (χ0v) is 19.1. The summed E-state index contributed by atoms with van der Waals surface area (Å²) in [5, 5.41) is 11.8. The van der Waals surface area contributed by atoms with Gasteiger partial charge >= 0.3 is 12.0 Å². The number of nitrogens with zero attached hydrogens (tertiary/aromatic N) is 1. The number of hydrogen-bond acceptors (Lipinski definition) is 5.